The summed E-state index contributed by atoms with van der Waals surface area (Å²) in [6.07, 6.45) is 1.21. The fourth-order valence-corrected chi connectivity index (χ4v) is 1.47. The van der Waals surface area contributed by atoms with Crippen molar-refractivity contribution in [3.05, 3.63) is 45.7 Å². The highest BCUT2D eigenvalue weighted by atomic mass is 35.5. The molecule has 0 saturated carbocycles. The van der Waals surface area contributed by atoms with Crippen molar-refractivity contribution in [1.29, 1.82) is 0 Å². The molecule has 0 fully saturated rings. The fraction of sp³-hybridized carbons (Fsp3) is 0. The van der Waals surface area contributed by atoms with Crippen molar-refractivity contribution in [2.75, 3.05) is 5.43 Å². The molecule has 1 heterocycles. The molecule has 0 radical (unpaired) electrons. The molecule has 0 aliphatic carbocycles. The molecule has 2 aromatic rings. The highest BCUT2D eigenvalue weighted by Gasteiger charge is 2.17. The number of nitro groups is 1. The minimum absolute atomic E-state index is 0.0241. The molecule has 0 unspecified atom stereocenters. The summed E-state index contributed by atoms with van der Waals surface area (Å²) in [7, 11) is 0. The number of hydrogen-bond acceptors (Lipinski definition) is 7. The molecular weight excluding hydrogens is 274 g/mol. The zero-order valence-electron chi connectivity index (χ0n) is 9.41. The Hall–Kier alpha value is -2.45. The van der Waals surface area contributed by atoms with Gasteiger partial charge in [0, 0.05) is 17.2 Å². The number of nitrogens with zero attached hydrogens (tertiary/aromatic N) is 3. The van der Waals surface area contributed by atoms with Crippen LogP contribution in [0, 0.1) is 10.1 Å². The lowest BCUT2D eigenvalue weighted by Gasteiger charge is -2.06. The van der Waals surface area contributed by atoms with E-state index in [1.165, 1.54) is 30.6 Å². The third kappa shape index (κ3) is 3.06. The maximum absolute atomic E-state index is 10.9. The Morgan fingerprint density at radius 1 is 1.37 bits per heavy atom. The SMILES string of the molecule is NNc1cc(Oc2ccc(Cl)cc2[N+](=O)[O-])ncn1. The van der Waals surface area contributed by atoms with Gasteiger partial charge in [-0.25, -0.2) is 15.8 Å². The van der Waals surface area contributed by atoms with Gasteiger partial charge in [0.2, 0.25) is 11.6 Å². The zero-order valence-corrected chi connectivity index (χ0v) is 10.2. The van der Waals surface area contributed by atoms with Crippen LogP contribution in [0.25, 0.3) is 0 Å². The predicted octanol–water partition coefficient (Wildman–Crippen LogP) is 2.12. The first-order valence-electron chi connectivity index (χ1n) is 5.00. The van der Waals surface area contributed by atoms with Crippen molar-refractivity contribution in [2.24, 2.45) is 5.84 Å². The van der Waals surface area contributed by atoms with Crippen LogP contribution < -0.4 is 16.0 Å². The van der Waals surface area contributed by atoms with Gasteiger partial charge >= 0.3 is 5.69 Å². The highest BCUT2D eigenvalue weighted by Crippen LogP contribution is 2.33. The number of nitrogens with one attached hydrogen (secondary N) is 1. The van der Waals surface area contributed by atoms with Gasteiger partial charge < -0.3 is 10.2 Å². The van der Waals surface area contributed by atoms with Crippen molar-refractivity contribution >= 4 is 23.1 Å². The number of nitro benzene ring substituents is 1. The first-order valence-corrected chi connectivity index (χ1v) is 5.38. The Kier molecular flexibility index (Phi) is 3.74. The summed E-state index contributed by atoms with van der Waals surface area (Å²) in [6.45, 7) is 0. The van der Waals surface area contributed by atoms with Gasteiger partial charge in [0.15, 0.2) is 0 Å². The molecule has 2 rings (SSSR count). The molecule has 1 aromatic heterocycles. The monoisotopic (exact) mass is 281 g/mol. The lowest BCUT2D eigenvalue weighted by Crippen LogP contribution is -2.08. The number of halogens is 1. The average molecular weight is 282 g/mol. The molecule has 9 heteroatoms. The van der Waals surface area contributed by atoms with Crippen LogP contribution in [0.15, 0.2) is 30.6 Å². The minimum Gasteiger partial charge on any atom is -0.432 e. The van der Waals surface area contributed by atoms with E-state index in [9.17, 15) is 10.1 Å². The first kappa shape index (κ1) is 13.0. The lowest BCUT2D eigenvalue weighted by molar-refractivity contribution is -0.385. The Labute approximate surface area is 112 Å². The van der Waals surface area contributed by atoms with Gasteiger partial charge in [0.1, 0.15) is 12.1 Å². The molecule has 3 N–H and O–H groups in total. The molecule has 8 nitrogen and oxygen atoms in total. The Balaban J connectivity index is 2.34. The van der Waals surface area contributed by atoms with E-state index in [0.29, 0.717) is 5.82 Å². The smallest absolute Gasteiger partial charge is 0.313 e. The third-order valence-electron chi connectivity index (χ3n) is 2.12. The molecule has 0 spiro atoms. The normalized spacial score (nSPS) is 10.0. The van der Waals surface area contributed by atoms with Gasteiger partial charge in [-0.3, -0.25) is 10.1 Å². The first-order chi connectivity index (χ1) is 9.10. The Morgan fingerprint density at radius 2 is 2.16 bits per heavy atom. The maximum atomic E-state index is 10.9. The zero-order chi connectivity index (χ0) is 13.8. The van der Waals surface area contributed by atoms with Crippen LogP contribution in [0.5, 0.6) is 11.6 Å². The summed E-state index contributed by atoms with van der Waals surface area (Å²) in [6, 6.07) is 5.46. The van der Waals surface area contributed by atoms with E-state index < -0.39 is 4.92 Å². The van der Waals surface area contributed by atoms with E-state index in [-0.39, 0.29) is 22.3 Å². The number of benzene rings is 1. The quantitative estimate of drug-likeness (QED) is 0.501. The van der Waals surface area contributed by atoms with Crippen LogP contribution in [0.1, 0.15) is 0 Å². The van der Waals surface area contributed by atoms with E-state index in [1.807, 2.05) is 0 Å². The number of nitrogens with two attached hydrogens (primary N) is 1. The van der Waals surface area contributed by atoms with E-state index in [0.717, 1.165) is 0 Å². The standard InChI is InChI=1S/C10H8ClN5O3/c11-6-1-2-8(7(3-6)16(17)18)19-10-4-9(15-12)13-5-14-10/h1-5H,12H2,(H,13,14,15). The summed E-state index contributed by atoms with van der Waals surface area (Å²) in [5.74, 6) is 5.65. The van der Waals surface area contributed by atoms with Gasteiger partial charge in [-0.05, 0) is 12.1 Å². The number of ether oxygens (including phenoxy) is 1. The van der Waals surface area contributed by atoms with Gasteiger partial charge in [-0.15, -0.1) is 0 Å². The van der Waals surface area contributed by atoms with Crippen LogP contribution in [-0.2, 0) is 0 Å². The topological polar surface area (TPSA) is 116 Å². The van der Waals surface area contributed by atoms with Crippen molar-refractivity contribution in [3.8, 4) is 11.6 Å². The van der Waals surface area contributed by atoms with Crippen molar-refractivity contribution in [2.45, 2.75) is 0 Å². The third-order valence-corrected chi connectivity index (χ3v) is 2.36. The van der Waals surface area contributed by atoms with Crippen molar-refractivity contribution in [1.82, 2.24) is 9.97 Å². The molecule has 0 aliphatic rings. The van der Waals surface area contributed by atoms with E-state index in [1.54, 1.807) is 0 Å². The van der Waals surface area contributed by atoms with Crippen LogP contribution in [0.4, 0.5) is 11.5 Å². The summed E-state index contributed by atoms with van der Waals surface area (Å²) in [5.41, 5.74) is 2.06. The molecule has 0 aliphatic heterocycles. The fourth-order valence-electron chi connectivity index (χ4n) is 1.31. The summed E-state index contributed by atoms with van der Waals surface area (Å²) >= 11 is 5.70. The van der Waals surface area contributed by atoms with Gasteiger partial charge in [-0.2, -0.15) is 0 Å². The second-order valence-corrected chi connectivity index (χ2v) is 3.79. The van der Waals surface area contributed by atoms with Crippen LogP contribution in [0.2, 0.25) is 5.02 Å². The molecule has 1 aromatic carbocycles. The predicted molar refractivity (Wildman–Crippen MR) is 68.0 cm³/mol. The molecule has 0 bridgehead atoms. The van der Waals surface area contributed by atoms with Crippen molar-refractivity contribution in [3.63, 3.8) is 0 Å². The van der Waals surface area contributed by atoms with Crippen LogP contribution >= 0.6 is 11.6 Å². The summed E-state index contributed by atoms with van der Waals surface area (Å²) < 4.78 is 5.32. The van der Waals surface area contributed by atoms with Crippen LogP contribution in [-0.4, -0.2) is 14.9 Å². The number of hydrogen-bond donors (Lipinski definition) is 2. The molecule has 0 amide bonds. The van der Waals surface area contributed by atoms with E-state index >= 15 is 0 Å². The molecule has 19 heavy (non-hydrogen) atoms. The van der Waals surface area contributed by atoms with Crippen LogP contribution in [0.3, 0.4) is 0 Å². The van der Waals surface area contributed by atoms with Crippen molar-refractivity contribution < 1.29 is 9.66 Å². The summed E-state index contributed by atoms with van der Waals surface area (Å²) in [4.78, 5) is 17.9. The number of aromatic nitrogens is 2. The highest BCUT2D eigenvalue weighted by molar-refractivity contribution is 6.30. The molecular formula is C10H8ClN5O3. The van der Waals surface area contributed by atoms with Gasteiger partial charge in [-0.1, -0.05) is 11.6 Å². The Morgan fingerprint density at radius 3 is 2.84 bits per heavy atom. The lowest BCUT2D eigenvalue weighted by atomic mass is 10.3. The minimum atomic E-state index is -0.593. The number of hydrazine groups is 1. The molecule has 0 atom stereocenters. The number of nitrogen functional groups attached to an aromatic ring is 1. The average Bonchev–Trinajstić information content (AvgIpc) is 2.41. The van der Waals surface area contributed by atoms with E-state index in [4.69, 9.17) is 22.2 Å². The maximum Gasteiger partial charge on any atom is 0.313 e. The Bertz CT molecular complexity index is 622. The van der Waals surface area contributed by atoms with Gasteiger partial charge in [0.05, 0.1) is 4.92 Å². The number of rotatable bonds is 4. The number of anilines is 1. The molecule has 98 valence electrons. The summed E-state index contributed by atoms with van der Waals surface area (Å²) in [5, 5.41) is 11.1. The second-order valence-electron chi connectivity index (χ2n) is 3.36. The molecule has 0 saturated heterocycles. The van der Waals surface area contributed by atoms with Gasteiger partial charge in [0.25, 0.3) is 0 Å². The largest absolute Gasteiger partial charge is 0.432 e. The second kappa shape index (κ2) is 5.46. The van der Waals surface area contributed by atoms with E-state index in [2.05, 4.69) is 15.4 Å².